The quantitative estimate of drug-likeness (QED) is 0.581. The van der Waals surface area contributed by atoms with Gasteiger partial charge in [0, 0.05) is 12.7 Å². The van der Waals surface area contributed by atoms with Gasteiger partial charge in [0.15, 0.2) is 5.65 Å². The monoisotopic (exact) mass is 343 g/mol. The van der Waals surface area contributed by atoms with Gasteiger partial charge in [-0.1, -0.05) is 36.4 Å². The van der Waals surface area contributed by atoms with Crippen molar-refractivity contribution in [1.82, 2.24) is 14.7 Å². The Bertz CT molecular complexity index is 1180. The van der Waals surface area contributed by atoms with Crippen molar-refractivity contribution in [2.75, 3.05) is 6.54 Å². The van der Waals surface area contributed by atoms with E-state index in [1.165, 1.54) is 4.40 Å². The molecule has 5 nitrogen and oxygen atoms in total. The smallest absolute Gasteiger partial charge is 0.265 e. The fourth-order valence-corrected chi connectivity index (χ4v) is 3.07. The van der Waals surface area contributed by atoms with Gasteiger partial charge in [0.1, 0.15) is 0 Å². The van der Waals surface area contributed by atoms with E-state index in [1.807, 2.05) is 55.5 Å². The molecule has 2 aromatic heterocycles. The van der Waals surface area contributed by atoms with Crippen LogP contribution in [-0.2, 0) is 0 Å². The van der Waals surface area contributed by atoms with E-state index in [2.05, 4.69) is 10.3 Å². The SMILES string of the molecule is CCNC(=O)c1cccn2c(=O)c3cc(-c4ccccc4)ccc3nc12. The first-order chi connectivity index (χ1) is 12.7. The molecule has 0 aliphatic heterocycles. The molecule has 0 atom stereocenters. The molecule has 0 saturated heterocycles. The molecule has 26 heavy (non-hydrogen) atoms. The van der Waals surface area contributed by atoms with E-state index in [0.717, 1.165) is 11.1 Å². The third-order valence-electron chi connectivity index (χ3n) is 4.33. The molecule has 2 heterocycles. The minimum Gasteiger partial charge on any atom is -0.352 e. The number of aromatic nitrogens is 2. The Labute approximate surface area is 149 Å². The fourth-order valence-electron chi connectivity index (χ4n) is 3.07. The molecule has 2 aromatic carbocycles. The molecule has 4 rings (SSSR count). The van der Waals surface area contributed by atoms with Crippen molar-refractivity contribution in [1.29, 1.82) is 0 Å². The van der Waals surface area contributed by atoms with E-state index in [1.54, 1.807) is 18.3 Å². The summed E-state index contributed by atoms with van der Waals surface area (Å²) < 4.78 is 1.43. The maximum Gasteiger partial charge on any atom is 0.265 e. The molecular formula is C21H17N3O2. The number of nitrogens with one attached hydrogen (secondary N) is 1. The first-order valence-corrected chi connectivity index (χ1v) is 8.48. The molecule has 4 aromatic rings. The molecule has 0 fully saturated rings. The molecule has 1 amide bonds. The predicted octanol–water partition coefficient (Wildman–Crippen LogP) is 3.26. The Morgan fingerprint density at radius 1 is 1.04 bits per heavy atom. The zero-order valence-corrected chi connectivity index (χ0v) is 14.3. The minimum atomic E-state index is -0.238. The first kappa shape index (κ1) is 16.0. The Morgan fingerprint density at radius 3 is 2.62 bits per heavy atom. The normalized spacial score (nSPS) is 11.0. The van der Waals surface area contributed by atoms with E-state index in [9.17, 15) is 9.59 Å². The molecule has 128 valence electrons. The van der Waals surface area contributed by atoms with Gasteiger partial charge in [-0.15, -0.1) is 0 Å². The van der Waals surface area contributed by atoms with Crippen LogP contribution in [0.1, 0.15) is 17.3 Å². The third kappa shape index (κ3) is 2.63. The minimum absolute atomic E-state index is 0.186. The first-order valence-electron chi connectivity index (χ1n) is 8.48. The van der Waals surface area contributed by atoms with Crippen molar-refractivity contribution >= 4 is 22.5 Å². The molecule has 1 N–H and O–H groups in total. The van der Waals surface area contributed by atoms with Crippen molar-refractivity contribution in [3.05, 3.63) is 82.8 Å². The maximum atomic E-state index is 13.0. The number of carbonyl (C=O) groups excluding carboxylic acids is 1. The summed E-state index contributed by atoms with van der Waals surface area (Å²) in [6.07, 6.45) is 1.64. The summed E-state index contributed by atoms with van der Waals surface area (Å²) in [4.78, 5) is 29.9. The largest absolute Gasteiger partial charge is 0.352 e. The molecule has 0 unspecified atom stereocenters. The van der Waals surface area contributed by atoms with Gasteiger partial charge < -0.3 is 5.32 Å². The van der Waals surface area contributed by atoms with Crippen LogP contribution in [0.3, 0.4) is 0 Å². The lowest BCUT2D eigenvalue weighted by molar-refractivity contribution is 0.0957. The van der Waals surface area contributed by atoms with Gasteiger partial charge in [-0.2, -0.15) is 0 Å². The highest BCUT2D eigenvalue weighted by molar-refractivity contribution is 6.00. The Balaban J connectivity index is 1.97. The number of carbonyl (C=O) groups is 1. The molecular weight excluding hydrogens is 326 g/mol. The number of nitrogens with zero attached hydrogens (tertiary/aromatic N) is 2. The predicted molar refractivity (Wildman–Crippen MR) is 102 cm³/mol. The van der Waals surface area contributed by atoms with Gasteiger partial charge in [0.2, 0.25) is 0 Å². The van der Waals surface area contributed by atoms with Crippen LogP contribution in [0.4, 0.5) is 0 Å². The molecule has 0 aliphatic carbocycles. The highest BCUT2D eigenvalue weighted by Crippen LogP contribution is 2.22. The number of hydrogen-bond acceptors (Lipinski definition) is 3. The van der Waals surface area contributed by atoms with Crippen molar-refractivity contribution < 1.29 is 4.79 Å². The second-order valence-corrected chi connectivity index (χ2v) is 5.99. The van der Waals surface area contributed by atoms with Crippen molar-refractivity contribution in [2.45, 2.75) is 6.92 Å². The molecule has 0 radical (unpaired) electrons. The van der Waals surface area contributed by atoms with Gasteiger partial charge in [0.05, 0.1) is 16.5 Å². The van der Waals surface area contributed by atoms with E-state index in [-0.39, 0.29) is 11.5 Å². The number of hydrogen-bond donors (Lipinski definition) is 1. The van der Waals surface area contributed by atoms with Crippen LogP contribution in [-0.4, -0.2) is 21.8 Å². The van der Waals surface area contributed by atoms with Crippen LogP contribution < -0.4 is 10.9 Å². The lowest BCUT2D eigenvalue weighted by Gasteiger charge is -2.09. The third-order valence-corrected chi connectivity index (χ3v) is 4.33. The maximum absolute atomic E-state index is 13.0. The number of rotatable bonds is 3. The number of pyridine rings is 1. The Morgan fingerprint density at radius 2 is 1.85 bits per heavy atom. The molecule has 5 heteroatoms. The zero-order chi connectivity index (χ0) is 18.1. The lowest BCUT2D eigenvalue weighted by atomic mass is 10.0. The topological polar surface area (TPSA) is 63.5 Å². The van der Waals surface area contributed by atoms with Crippen molar-refractivity contribution in [3.63, 3.8) is 0 Å². The summed E-state index contributed by atoms with van der Waals surface area (Å²) in [6, 6.07) is 18.9. The van der Waals surface area contributed by atoms with Crippen LogP contribution in [0.15, 0.2) is 71.7 Å². The summed E-state index contributed by atoms with van der Waals surface area (Å²) in [6.45, 7) is 2.36. The highest BCUT2D eigenvalue weighted by atomic mass is 16.1. The van der Waals surface area contributed by atoms with Gasteiger partial charge in [-0.25, -0.2) is 4.98 Å². The van der Waals surface area contributed by atoms with Gasteiger partial charge in [-0.05, 0) is 42.3 Å². The Kier molecular flexibility index (Phi) is 3.97. The summed E-state index contributed by atoms with van der Waals surface area (Å²) in [5.74, 6) is -0.238. The standard InChI is InChI=1S/C21H17N3O2/c1-2-22-20(25)16-9-6-12-24-19(16)23-18-11-10-15(13-17(18)21(24)26)14-7-4-3-5-8-14/h3-13H,2H2,1H3,(H,22,25). The Hall–Kier alpha value is -3.47. The summed E-state index contributed by atoms with van der Waals surface area (Å²) in [5.41, 5.74) is 3.14. The molecule has 0 aliphatic rings. The zero-order valence-electron chi connectivity index (χ0n) is 14.3. The second kappa shape index (κ2) is 6.44. The number of fused-ring (bicyclic) bond motifs is 2. The van der Waals surface area contributed by atoms with Gasteiger partial charge in [0.25, 0.3) is 11.5 Å². The van der Waals surface area contributed by atoms with Crippen LogP contribution in [0.2, 0.25) is 0 Å². The molecule has 0 bridgehead atoms. The van der Waals surface area contributed by atoms with Crippen molar-refractivity contribution in [3.8, 4) is 11.1 Å². The van der Waals surface area contributed by atoms with Gasteiger partial charge >= 0.3 is 0 Å². The average Bonchev–Trinajstić information content (AvgIpc) is 2.68. The lowest BCUT2D eigenvalue weighted by Crippen LogP contribution is -2.25. The second-order valence-electron chi connectivity index (χ2n) is 5.99. The van der Waals surface area contributed by atoms with Crippen molar-refractivity contribution in [2.24, 2.45) is 0 Å². The van der Waals surface area contributed by atoms with Crippen LogP contribution in [0.25, 0.3) is 27.7 Å². The molecule has 0 spiro atoms. The van der Waals surface area contributed by atoms with Crippen LogP contribution >= 0.6 is 0 Å². The summed E-state index contributed by atoms with van der Waals surface area (Å²) in [5, 5.41) is 3.28. The fraction of sp³-hybridized carbons (Fsp3) is 0.0952. The van der Waals surface area contributed by atoms with E-state index in [4.69, 9.17) is 0 Å². The summed E-state index contributed by atoms with van der Waals surface area (Å²) in [7, 11) is 0. The van der Waals surface area contributed by atoms with Gasteiger partial charge in [-0.3, -0.25) is 14.0 Å². The number of benzene rings is 2. The number of amides is 1. The summed E-state index contributed by atoms with van der Waals surface area (Å²) >= 11 is 0. The van der Waals surface area contributed by atoms with Crippen LogP contribution in [0.5, 0.6) is 0 Å². The highest BCUT2D eigenvalue weighted by Gasteiger charge is 2.14. The van der Waals surface area contributed by atoms with E-state index < -0.39 is 0 Å². The average molecular weight is 343 g/mol. The van der Waals surface area contributed by atoms with E-state index >= 15 is 0 Å². The molecule has 0 saturated carbocycles. The van der Waals surface area contributed by atoms with Crippen LogP contribution in [0, 0.1) is 0 Å². The van der Waals surface area contributed by atoms with E-state index in [0.29, 0.717) is 28.7 Å².